The summed E-state index contributed by atoms with van der Waals surface area (Å²) in [6, 6.07) is 8.03. The molecule has 194 valence electrons. The Bertz CT molecular complexity index is 967. The van der Waals surface area contributed by atoms with Crippen LogP contribution in [0, 0.1) is 17.8 Å². The van der Waals surface area contributed by atoms with Gasteiger partial charge >= 0.3 is 5.97 Å². The summed E-state index contributed by atoms with van der Waals surface area (Å²) < 4.78 is 5.79. The fraction of sp³-hybridized carbons (Fsp3) is 0.571. The third-order valence-corrected chi connectivity index (χ3v) is 8.23. The number of hydrogen-bond acceptors (Lipinski definition) is 6. The molecule has 35 heavy (non-hydrogen) atoms. The Morgan fingerprint density at radius 3 is 2.54 bits per heavy atom. The molecule has 1 aromatic carbocycles. The normalized spacial score (nSPS) is 14.5. The molecule has 0 saturated carbocycles. The molecule has 0 aliphatic carbocycles. The average molecular weight is 523 g/mol. The lowest BCUT2D eigenvalue weighted by atomic mass is 9.79. The molecule has 1 heterocycles. The first-order valence-electron chi connectivity index (χ1n) is 12.5. The van der Waals surface area contributed by atoms with Crippen molar-refractivity contribution in [2.75, 3.05) is 13.7 Å². The molecule has 0 amide bonds. The summed E-state index contributed by atoms with van der Waals surface area (Å²) >= 11 is 8.19. The highest BCUT2D eigenvalue weighted by atomic mass is 35.5. The standard InChI is InChI=1S/C28H39ClO5S/c1-19(2)28(33)22(10-6-4-5-7-13-26(32)34-3)20(18-30)14-15-21(31)16-17-25-27(29)23-11-8-9-12-24(23)35-25/h4,6,8-9,11-12,19-22,30-31H,5,7,10,13-18H2,1-3H3. The zero-order chi connectivity index (χ0) is 25.8. The molecule has 0 aliphatic heterocycles. The summed E-state index contributed by atoms with van der Waals surface area (Å²) in [5.74, 6) is -0.704. The van der Waals surface area contributed by atoms with Crippen molar-refractivity contribution in [3.05, 3.63) is 46.3 Å². The van der Waals surface area contributed by atoms with Gasteiger partial charge < -0.3 is 14.9 Å². The Morgan fingerprint density at radius 1 is 1.14 bits per heavy atom. The minimum atomic E-state index is -0.519. The van der Waals surface area contributed by atoms with Crippen molar-refractivity contribution in [2.24, 2.45) is 17.8 Å². The molecule has 0 fully saturated rings. The summed E-state index contributed by atoms with van der Waals surface area (Å²) in [6.07, 6.45) is 8.20. The number of unbranched alkanes of at least 4 members (excludes halogenated alkanes) is 1. The number of carbonyl (C=O) groups excluding carboxylic acids is 2. The van der Waals surface area contributed by atoms with Gasteiger partial charge in [0.25, 0.3) is 0 Å². The predicted molar refractivity (Wildman–Crippen MR) is 144 cm³/mol. The number of halogens is 1. The molecular formula is C28H39ClO5S. The number of aliphatic hydroxyl groups is 2. The zero-order valence-electron chi connectivity index (χ0n) is 21.0. The molecule has 0 aliphatic rings. The Hall–Kier alpha value is -1.73. The lowest BCUT2D eigenvalue weighted by Gasteiger charge is -2.26. The highest BCUT2D eigenvalue weighted by Crippen LogP contribution is 2.36. The number of fused-ring (bicyclic) bond motifs is 1. The summed E-state index contributed by atoms with van der Waals surface area (Å²) in [5.41, 5.74) is 0. The topological polar surface area (TPSA) is 83.8 Å². The van der Waals surface area contributed by atoms with Crippen molar-refractivity contribution < 1.29 is 24.5 Å². The maximum Gasteiger partial charge on any atom is 0.305 e. The minimum absolute atomic E-state index is 0.0891. The highest BCUT2D eigenvalue weighted by Gasteiger charge is 2.29. The number of rotatable bonds is 16. The van der Waals surface area contributed by atoms with Crippen molar-refractivity contribution in [3.8, 4) is 0 Å². The molecule has 0 bridgehead atoms. The van der Waals surface area contributed by atoms with E-state index in [4.69, 9.17) is 11.6 Å². The molecule has 5 nitrogen and oxygen atoms in total. The average Bonchev–Trinajstić information content (AvgIpc) is 3.18. The number of esters is 1. The van der Waals surface area contributed by atoms with E-state index < -0.39 is 6.10 Å². The maximum absolute atomic E-state index is 12.9. The number of hydrogen-bond donors (Lipinski definition) is 2. The summed E-state index contributed by atoms with van der Waals surface area (Å²) in [4.78, 5) is 25.2. The SMILES string of the molecule is COC(=O)CCCC=CCC(C(=O)C(C)C)C(CO)CCC(O)CCc1sc2ccccc2c1Cl. The van der Waals surface area contributed by atoms with Crippen LogP contribution in [0.5, 0.6) is 0 Å². The van der Waals surface area contributed by atoms with Crippen molar-refractivity contribution in [1.82, 2.24) is 0 Å². The van der Waals surface area contributed by atoms with Crippen LogP contribution in [-0.4, -0.2) is 41.8 Å². The fourth-order valence-corrected chi connectivity index (χ4v) is 5.83. The molecule has 2 N–H and O–H groups in total. The summed E-state index contributed by atoms with van der Waals surface area (Å²) in [6.45, 7) is 3.68. The lowest BCUT2D eigenvalue weighted by Crippen LogP contribution is -2.30. The van der Waals surface area contributed by atoms with Crippen molar-refractivity contribution >= 4 is 44.8 Å². The number of benzene rings is 1. The Balaban J connectivity index is 1.89. The third kappa shape index (κ3) is 9.34. The van der Waals surface area contributed by atoms with Gasteiger partial charge in [-0.3, -0.25) is 9.59 Å². The minimum Gasteiger partial charge on any atom is -0.469 e. The third-order valence-electron chi connectivity index (χ3n) is 6.45. The van der Waals surface area contributed by atoms with Gasteiger partial charge in [0.1, 0.15) is 5.78 Å². The second-order valence-electron chi connectivity index (χ2n) is 9.39. The first-order chi connectivity index (χ1) is 16.8. The maximum atomic E-state index is 12.9. The number of aliphatic hydroxyl groups excluding tert-OH is 2. The van der Waals surface area contributed by atoms with Gasteiger partial charge in [-0.1, -0.05) is 55.8 Å². The van der Waals surface area contributed by atoms with Gasteiger partial charge in [-0.15, -0.1) is 11.3 Å². The first kappa shape index (κ1) is 29.5. The molecule has 7 heteroatoms. The molecule has 3 atom stereocenters. The molecule has 3 unspecified atom stereocenters. The van der Waals surface area contributed by atoms with Gasteiger partial charge in [-0.25, -0.2) is 0 Å². The largest absolute Gasteiger partial charge is 0.469 e. The molecule has 1 aromatic heterocycles. The fourth-order valence-electron chi connectivity index (χ4n) is 4.29. The number of carbonyl (C=O) groups is 2. The van der Waals surface area contributed by atoms with Crippen LogP contribution in [0.2, 0.25) is 5.02 Å². The number of Topliss-reactive ketones (excluding diaryl/α,β-unsaturated/α-hetero) is 1. The number of allylic oxidation sites excluding steroid dienone is 2. The van der Waals surface area contributed by atoms with Crippen molar-refractivity contribution in [3.63, 3.8) is 0 Å². The van der Waals surface area contributed by atoms with Gasteiger partial charge in [-0.05, 0) is 56.9 Å². The van der Waals surface area contributed by atoms with E-state index in [1.165, 1.54) is 7.11 Å². The number of aryl methyl sites for hydroxylation is 1. The Morgan fingerprint density at radius 2 is 1.89 bits per heavy atom. The van der Waals surface area contributed by atoms with Crippen LogP contribution in [0.15, 0.2) is 36.4 Å². The van der Waals surface area contributed by atoms with E-state index >= 15 is 0 Å². The molecule has 2 rings (SSSR count). The second kappa shape index (κ2) is 15.4. The van der Waals surface area contributed by atoms with Gasteiger partial charge in [-0.2, -0.15) is 0 Å². The van der Waals surface area contributed by atoms with Crippen molar-refractivity contribution in [2.45, 2.75) is 71.3 Å². The van der Waals surface area contributed by atoms with E-state index in [0.29, 0.717) is 44.9 Å². The number of thiophene rings is 1. The highest BCUT2D eigenvalue weighted by molar-refractivity contribution is 7.19. The molecule has 0 spiro atoms. The van der Waals surface area contributed by atoms with Crippen LogP contribution < -0.4 is 0 Å². The van der Waals surface area contributed by atoms with Gasteiger partial charge in [0.2, 0.25) is 0 Å². The van der Waals surface area contributed by atoms with E-state index in [9.17, 15) is 19.8 Å². The van der Waals surface area contributed by atoms with Gasteiger partial charge in [0.15, 0.2) is 0 Å². The quantitative estimate of drug-likeness (QED) is 0.152. The first-order valence-corrected chi connectivity index (χ1v) is 13.7. The van der Waals surface area contributed by atoms with Crippen molar-refractivity contribution in [1.29, 1.82) is 0 Å². The Labute approximate surface area is 218 Å². The van der Waals surface area contributed by atoms with Crippen LogP contribution in [-0.2, 0) is 20.7 Å². The molecular weight excluding hydrogens is 484 g/mol. The predicted octanol–water partition coefficient (Wildman–Crippen LogP) is 6.37. The Kier molecular flexibility index (Phi) is 13.0. The molecule has 0 saturated heterocycles. The number of ketones is 1. The van der Waals surface area contributed by atoms with E-state index in [0.717, 1.165) is 26.4 Å². The van der Waals surface area contributed by atoms with Gasteiger partial charge in [0.05, 0.1) is 18.2 Å². The van der Waals surface area contributed by atoms with Crippen LogP contribution in [0.4, 0.5) is 0 Å². The summed E-state index contributed by atoms with van der Waals surface area (Å²) in [5, 5.41) is 22.5. The number of ether oxygens (including phenoxy) is 1. The van der Waals surface area contributed by atoms with E-state index in [-0.39, 0.29) is 36.1 Å². The molecule has 0 radical (unpaired) electrons. The van der Waals surface area contributed by atoms with E-state index in [1.54, 1.807) is 11.3 Å². The summed E-state index contributed by atoms with van der Waals surface area (Å²) in [7, 11) is 1.38. The monoisotopic (exact) mass is 522 g/mol. The van der Waals surface area contributed by atoms with E-state index in [2.05, 4.69) is 10.8 Å². The van der Waals surface area contributed by atoms with E-state index in [1.807, 2.05) is 44.2 Å². The molecule has 2 aromatic rings. The smallest absolute Gasteiger partial charge is 0.305 e. The lowest BCUT2D eigenvalue weighted by molar-refractivity contribution is -0.140. The van der Waals surface area contributed by atoms with Gasteiger partial charge in [0, 0.05) is 39.8 Å². The van der Waals surface area contributed by atoms with Crippen LogP contribution in [0.3, 0.4) is 0 Å². The van der Waals surface area contributed by atoms with Crippen LogP contribution in [0.25, 0.3) is 10.1 Å². The van der Waals surface area contributed by atoms with Crippen LogP contribution >= 0.6 is 22.9 Å². The second-order valence-corrected chi connectivity index (χ2v) is 10.9. The zero-order valence-corrected chi connectivity index (χ0v) is 22.6. The number of methoxy groups -OCH3 is 1. The van der Waals surface area contributed by atoms with Crippen LogP contribution in [0.1, 0.15) is 63.7 Å².